The van der Waals surface area contributed by atoms with Crippen molar-refractivity contribution in [3.05, 3.63) is 47.2 Å². The van der Waals surface area contributed by atoms with E-state index >= 15 is 0 Å². The van der Waals surface area contributed by atoms with Crippen LogP contribution in [0.2, 0.25) is 0 Å². The van der Waals surface area contributed by atoms with Crippen LogP contribution in [0.3, 0.4) is 0 Å². The van der Waals surface area contributed by atoms with Crippen molar-refractivity contribution in [2.45, 2.75) is 13.8 Å². The average Bonchev–Trinajstić information content (AvgIpc) is 2.26. The van der Waals surface area contributed by atoms with E-state index < -0.39 is 8.80 Å². The van der Waals surface area contributed by atoms with Crippen LogP contribution < -0.4 is 0 Å². The Morgan fingerprint density at radius 3 is 2.47 bits per heavy atom. The van der Waals surface area contributed by atoms with Crippen LogP contribution in [0.15, 0.2) is 36.0 Å². The smallest absolute Gasteiger partial charge is 0.126 e. The maximum Gasteiger partial charge on any atom is 0.259 e. The summed E-state index contributed by atoms with van der Waals surface area (Å²) in [5.41, 5.74) is 10.2. The van der Waals surface area contributed by atoms with Gasteiger partial charge >= 0.3 is 0 Å². The van der Waals surface area contributed by atoms with E-state index in [1.54, 1.807) is 0 Å². The van der Waals surface area contributed by atoms with Gasteiger partial charge in [-0.1, -0.05) is 35.4 Å². The van der Waals surface area contributed by atoms with E-state index in [0.717, 1.165) is 5.56 Å². The summed E-state index contributed by atoms with van der Waals surface area (Å²) in [6.45, 7) is 4.03. The quantitative estimate of drug-likeness (QED) is 0.493. The fourth-order valence-corrected chi connectivity index (χ4v) is 1.93. The molecule has 0 aromatic heterocycles. The molecule has 73 valence electrons. The highest BCUT2D eigenvalue weighted by Gasteiger charge is 1.96. The average molecular weight is 209 g/mol. The van der Waals surface area contributed by atoms with Crippen LogP contribution >= 0.6 is 0 Å². The van der Waals surface area contributed by atoms with Gasteiger partial charge in [-0.25, -0.2) is 0 Å². The zero-order chi connectivity index (χ0) is 11.1. The molecule has 0 aliphatic carbocycles. The van der Waals surface area contributed by atoms with Crippen LogP contribution in [0.4, 0.5) is 0 Å². The third kappa shape index (κ3) is 3.89. The lowest BCUT2D eigenvalue weighted by Crippen LogP contribution is -2.02. The largest absolute Gasteiger partial charge is 0.259 e. The van der Waals surface area contributed by atoms with Gasteiger partial charge in [-0.05, 0) is 26.0 Å². The van der Waals surface area contributed by atoms with Gasteiger partial charge in [0, 0.05) is 5.56 Å². The Morgan fingerprint density at radius 1 is 1.27 bits per heavy atom. The second kappa shape index (κ2) is 5.91. The Hall–Kier alpha value is -1.70. The van der Waals surface area contributed by atoms with Crippen molar-refractivity contribution in [3.8, 4) is 23.4 Å². The third-order valence-corrected chi connectivity index (χ3v) is 3.25. The van der Waals surface area contributed by atoms with Gasteiger partial charge in [0.15, 0.2) is 0 Å². The molecule has 0 unspecified atom stereocenters. The highest BCUT2D eigenvalue weighted by molar-refractivity contribution is 6.79. The highest BCUT2D eigenvalue weighted by Crippen LogP contribution is 2.00. The van der Waals surface area contributed by atoms with Crippen molar-refractivity contribution >= 4 is 8.80 Å². The number of hydrogen-bond donors (Lipinski definition) is 0. The Morgan fingerprint density at radius 2 is 1.93 bits per heavy atom. The van der Waals surface area contributed by atoms with Crippen molar-refractivity contribution in [2.24, 2.45) is 0 Å². The second-order valence-corrected chi connectivity index (χ2v) is 4.87. The zero-order valence-corrected chi connectivity index (χ0v) is 10.0. The molecular formula is C14H13Si. The molecule has 0 saturated heterocycles. The number of benzene rings is 1. The first-order valence-corrected chi connectivity index (χ1v) is 6.39. The van der Waals surface area contributed by atoms with E-state index in [9.17, 15) is 0 Å². The Labute approximate surface area is 93.6 Å². The van der Waals surface area contributed by atoms with E-state index in [4.69, 9.17) is 6.42 Å². The molecule has 0 fully saturated rings. The summed E-state index contributed by atoms with van der Waals surface area (Å²) in [5.74, 6) is 3.11. The SMILES string of the molecule is C#C[Si](C#Cc1ccc(C)cc1)C=CC. The van der Waals surface area contributed by atoms with Gasteiger partial charge in [0.25, 0.3) is 8.80 Å². The number of aryl methyl sites for hydroxylation is 1. The van der Waals surface area contributed by atoms with Crippen LogP contribution in [-0.2, 0) is 0 Å². The minimum Gasteiger partial charge on any atom is -0.126 e. The first-order chi connectivity index (χ1) is 7.26. The number of hydrogen-bond acceptors (Lipinski definition) is 0. The number of rotatable bonds is 1. The molecule has 0 heterocycles. The second-order valence-electron chi connectivity index (χ2n) is 3.17. The van der Waals surface area contributed by atoms with Crippen LogP contribution in [0.1, 0.15) is 18.1 Å². The molecule has 0 nitrogen and oxygen atoms in total. The lowest BCUT2D eigenvalue weighted by molar-refractivity contribution is 1.46. The van der Waals surface area contributed by atoms with Gasteiger partial charge in [0.05, 0.1) is 0 Å². The molecule has 15 heavy (non-hydrogen) atoms. The van der Waals surface area contributed by atoms with Gasteiger partial charge in [0.1, 0.15) is 0 Å². The molecule has 0 saturated carbocycles. The molecule has 0 amide bonds. The molecule has 0 atom stereocenters. The topological polar surface area (TPSA) is 0 Å². The van der Waals surface area contributed by atoms with Gasteiger partial charge < -0.3 is 0 Å². The summed E-state index contributed by atoms with van der Waals surface area (Å²) in [4.78, 5) is 0. The van der Waals surface area contributed by atoms with Gasteiger partial charge in [-0.2, -0.15) is 0 Å². The van der Waals surface area contributed by atoms with Crippen LogP contribution in [0.25, 0.3) is 0 Å². The predicted octanol–water partition coefficient (Wildman–Crippen LogP) is 2.67. The van der Waals surface area contributed by atoms with E-state index in [-0.39, 0.29) is 0 Å². The van der Waals surface area contributed by atoms with Gasteiger partial charge in [-0.15, -0.1) is 17.5 Å². The van der Waals surface area contributed by atoms with Crippen LogP contribution in [-0.4, -0.2) is 8.80 Å². The minimum absolute atomic E-state index is 1.03. The fourth-order valence-electron chi connectivity index (χ4n) is 1.07. The van der Waals surface area contributed by atoms with Crippen LogP contribution in [0, 0.1) is 30.4 Å². The lowest BCUT2D eigenvalue weighted by Gasteiger charge is -1.92. The van der Waals surface area contributed by atoms with Crippen molar-refractivity contribution in [2.75, 3.05) is 0 Å². The molecular weight excluding hydrogens is 196 g/mol. The molecule has 1 aromatic carbocycles. The van der Waals surface area contributed by atoms with E-state index in [2.05, 4.69) is 36.1 Å². The first-order valence-electron chi connectivity index (χ1n) is 4.81. The Kier molecular flexibility index (Phi) is 4.48. The lowest BCUT2D eigenvalue weighted by atomic mass is 10.2. The molecule has 0 spiro atoms. The summed E-state index contributed by atoms with van der Waals surface area (Å²) < 4.78 is 0. The highest BCUT2D eigenvalue weighted by atomic mass is 28.3. The first kappa shape index (κ1) is 11.4. The number of allylic oxidation sites excluding steroid dienone is 1. The van der Waals surface area contributed by atoms with E-state index in [0.29, 0.717) is 0 Å². The maximum absolute atomic E-state index is 5.39. The fraction of sp³-hybridized carbons (Fsp3) is 0.143. The van der Waals surface area contributed by atoms with E-state index in [1.807, 2.05) is 30.8 Å². The molecule has 1 rings (SSSR count). The number of terminal acetylenes is 1. The van der Waals surface area contributed by atoms with Gasteiger partial charge in [-0.3, -0.25) is 0 Å². The molecule has 0 bridgehead atoms. The summed E-state index contributed by atoms with van der Waals surface area (Å²) in [6.07, 6.45) is 7.36. The molecule has 1 heteroatoms. The van der Waals surface area contributed by atoms with E-state index in [1.165, 1.54) is 5.56 Å². The molecule has 1 radical (unpaired) electrons. The molecule has 0 N–H and O–H groups in total. The van der Waals surface area contributed by atoms with Crippen molar-refractivity contribution in [3.63, 3.8) is 0 Å². The molecule has 1 aromatic rings. The van der Waals surface area contributed by atoms with Crippen molar-refractivity contribution in [1.29, 1.82) is 0 Å². The maximum atomic E-state index is 5.39. The molecule has 0 aliphatic rings. The third-order valence-electron chi connectivity index (χ3n) is 1.88. The summed E-state index contributed by atoms with van der Waals surface area (Å²) >= 11 is 0. The Bertz CT molecular complexity index is 435. The summed E-state index contributed by atoms with van der Waals surface area (Å²) in [7, 11) is -1.06. The van der Waals surface area contributed by atoms with Gasteiger partial charge in [0.2, 0.25) is 0 Å². The summed E-state index contributed by atoms with van der Waals surface area (Å²) in [5, 5.41) is 0. The van der Waals surface area contributed by atoms with Crippen LogP contribution in [0.5, 0.6) is 0 Å². The van der Waals surface area contributed by atoms with Crippen molar-refractivity contribution in [1.82, 2.24) is 0 Å². The zero-order valence-electron chi connectivity index (χ0n) is 9.04. The predicted molar refractivity (Wildman–Crippen MR) is 67.5 cm³/mol. The summed E-state index contributed by atoms with van der Waals surface area (Å²) in [6, 6.07) is 8.16. The van der Waals surface area contributed by atoms with Crippen molar-refractivity contribution < 1.29 is 0 Å². The normalized spacial score (nSPS) is 9.73. The Balaban J connectivity index is 2.81. The monoisotopic (exact) mass is 209 g/mol. The molecule has 0 aliphatic heterocycles. The standard InChI is InChI=1S/C14H13Si/c1-4-11-15(5-2)12-10-14-8-6-13(3)7-9-14/h2,4,6-9,11H,1,3H3. The minimum atomic E-state index is -1.06.